The highest BCUT2D eigenvalue weighted by Gasteiger charge is 2.29. The Hall–Kier alpha value is -1.55. The standard InChI is InChI=1S/C16H25N3O/c1-12(2)19-16(17-3)18-11-14-9-10-20-15(14)13-7-5-4-6-8-13/h4-8,12,14-15H,9-11H2,1-3H3,(H2,17,18,19). The number of nitrogens with one attached hydrogen (secondary N) is 2. The highest BCUT2D eigenvalue weighted by atomic mass is 16.5. The summed E-state index contributed by atoms with van der Waals surface area (Å²) in [5.74, 6) is 1.35. The molecule has 0 radical (unpaired) electrons. The van der Waals surface area contributed by atoms with Crippen LogP contribution in [0.3, 0.4) is 0 Å². The van der Waals surface area contributed by atoms with E-state index in [4.69, 9.17) is 4.74 Å². The molecule has 2 unspecified atom stereocenters. The van der Waals surface area contributed by atoms with Gasteiger partial charge in [0.2, 0.25) is 0 Å². The van der Waals surface area contributed by atoms with E-state index in [9.17, 15) is 0 Å². The van der Waals surface area contributed by atoms with E-state index in [2.05, 4.69) is 53.7 Å². The topological polar surface area (TPSA) is 45.7 Å². The molecule has 2 rings (SSSR count). The highest BCUT2D eigenvalue weighted by Crippen LogP contribution is 2.33. The maximum absolute atomic E-state index is 5.90. The van der Waals surface area contributed by atoms with Crippen molar-refractivity contribution in [1.29, 1.82) is 0 Å². The van der Waals surface area contributed by atoms with E-state index in [1.807, 2.05) is 6.07 Å². The molecule has 1 aliphatic heterocycles. The van der Waals surface area contributed by atoms with E-state index in [0.29, 0.717) is 12.0 Å². The Bertz CT molecular complexity index is 431. The van der Waals surface area contributed by atoms with Crippen LogP contribution in [0.4, 0.5) is 0 Å². The fraction of sp³-hybridized carbons (Fsp3) is 0.562. The van der Waals surface area contributed by atoms with Gasteiger partial charge < -0.3 is 15.4 Å². The van der Waals surface area contributed by atoms with Gasteiger partial charge in [0.15, 0.2) is 5.96 Å². The maximum atomic E-state index is 5.90. The smallest absolute Gasteiger partial charge is 0.191 e. The van der Waals surface area contributed by atoms with Crippen molar-refractivity contribution in [2.24, 2.45) is 10.9 Å². The molecule has 0 aromatic heterocycles. The van der Waals surface area contributed by atoms with Crippen LogP contribution in [0.15, 0.2) is 35.3 Å². The van der Waals surface area contributed by atoms with Crippen molar-refractivity contribution in [3.63, 3.8) is 0 Å². The van der Waals surface area contributed by atoms with Crippen LogP contribution >= 0.6 is 0 Å². The van der Waals surface area contributed by atoms with E-state index in [1.165, 1.54) is 5.56 Å². The van der Waals surface area contributed by atoms with Gasteiger partial charge >= 0.3 is 0 Å². The van der Waals surface area contributed by atoms with Crippen molar-refractivity contribution in [3.8, 4) is 0 Å². The Morgan fingerprint density at radius 2 is 2.10 bits per heavy atom. The van der Waals surface area contributed by atoms with Crippen molar-refractivity contribution < 1.29 is 4.74 Å². The monoisotopic (exact) mass is 275 g/mol. The second-order valence-corrected chi connectivity index (χ2v) is 5.50. The Morgan fingerprint density at radius 3 is 2.75 bits per heavy atom. The van der Waals surface area contributed by atoms with Gasteiger partial charge in [-0.3, -0.25) is 4.99 Å². The van der Waals surface area contributed by atoms with E-state index in [0.717, 1.165) is 25.5 Å². The predicted molar refractivity (Wildman–Crippen MR) is 82.9 cm³/mol. The van der Waals surface area contributed by atoms with Crippen molar-refractivity contribution in [2.45, 2.75) is 32.4 Å². The maximum Gasteiger partial charge on any atom is 0.191 e. The molecule has 0 saturated carbocycles. The molecule has 2 atom stereocenters. The minimum atomic E-state index is 0.195. The summed E-state index contributed by atoms with van der Waals surface area (Å²) < 4.78 is 5.90. The molecule has 0 bridgehead atoms. The Morgan fingerprint density at radius 1 is 1.35 bits per heavy atom. The molecule has 1 aliphatic rings. The van der Waals surface area contributed by atoms with Gasteiger partial charge in [0.05, 0.1) is 6.10 Å². The minimum absolute atomic E-state index is 0.195. The first-order valence-corrected chi connectivity index (χ1v) is 7.34. The third-order valence-electron chi connectivity index (χ3n) is 3.52. The van der Waals surface area contributed by atoms with Crippen molar-refractivity contribution >= 4 is 5.96 Å². The summed E-state index contributed by atoms with van der Waals surface area (Å²) in [4.78, 5) is 4.24. The first kappa shape index (κ1) is 14.9. The van der Waals surface area contributed by atoms with Gasteiger partial charge in [-0.25, -0.2) is 0 Å². The number of nitrogens with zero attached hydrogens (tertiary/aromatic N) is 1. The van der Waals surface area contributed by atoms with Crippen LogP contribution in [0.2, 0.25) is 0 Å². The molecule has 1 saturated heterocycles. The van der Waals surface area contributed by atoms with Crippen LogP contribution < -0.4 is 10.6 Å². The second-order valence-electron chi connectivity index (χ2n) is 5.50. The lowest BCUT2D eigenvalue weighted by Crippen LogP contribution is -2.43. The average molecular weight is 275 g/mol. The number of rotatable bonds is 4. The van der Waals surface area contributed by atoms with Crippen LogP contribution in [0, 0.1) is 5.92 Å². The summed E-state index contributed by atoms with van der Waals surface area (Å²) in [6.45, 7) is 5.94. The Kier molecular flexibility index (Phi) is 5.41. The lowest BCUT2D eigenvalue weighted by atomic mass is 9.95. The van der Waals surface area contributed by atoms with E-state index < -0.39 is 0 Å². The van der Waals surface area contributed by atoms with E-state index >= 15 is 0 Å². The molecule has 4 nitrogen and oxygen atoms in total. The molecular formula is C16H25N3O. The average Bonchev–Trinajstić information content (AvgIpc) is 2.92. The quantitative estimate of drug-likeness (QED) is 0.655. The van der Waals surface area contributed by atoms with Gasteiger partial charge in [-0.1, -0.05) is 30.3 Å². The Labute approximate surface area is 121 Å². The van der Waals surface area contributed by atoms with Gasteiger partial charge in [0, 0.05) is 32.2 Å². The number of benzene rings is 1. The summed E-state index contributed by atoms with van der Waals surface area (Å²) >= 11 is 0. The first-order chi connectivity index (χ1) is 9.70. The summed E-state index contributed by atoms with van der Waals surface area (Å²) in [5, 5.41) is 6.71. The van der Waals surface area contributed by atoms with Crippen LogP contribution in [-0.4, -0.2) is 32.2 Å². The lowest BCUT2D eigenvalue weighted by molar-refractivity contribution is 0.0915. The largest absolute Gasteiger partial charge is 0.373 e. The lowest BCUT2D eigenvalue weighted by Gasteiger charge is -2.21. The van der Waals surface area contributed by atoms with Crippen LogP contribution in [0.25, 0.3) is 0 Å². The van der Waals surface area contributed by atoms with Gasteiger partial charge in [-0.05, 0) is 25.8 Å². The SMILES string of the molecule is CN=C(NCC1CCOC1c1ccccc1)NC(C)C. The van der Waals surface area contributed by atoms with Crippen molar-refractivity contribution in [1.82, 2.24) is 10.6 Å². The van der Waals surface area contributed by atoms with Gasteiger partial charge in [-0.2, -0.15) is 0 Å². The first-order valence-electron chi connectivity index (χ1n) is 7.34. The zero-order chi connectivity index (χ0) is 14.4. The number of hydrogen-bond donors (Lipinski definition) is 2. The number of guanidine groups is 1. The molecular weight excluding hydrogens is 250 g/mol. The second kappa shape index (κ2) is 7.29. The van der Waals surface area contributed by atoms with Crippen LogP contribution in [0.5, 0.6) is 0 Å². The predicted octanol–water partition coefficient (Wildman–Crippen LogP) is 2.34. The van der Waals surface area contributed by atoms with Crippen molar-refractivity contribution in [2.75, 3.05) is 20.2 Å². The number of aliphatic imine (C=N–C) groups is 1. The molecule has 20 heavy (non-hydrogen) atoms. The highest BCUT2D eigenvalue weighted by molar-refractivity contribution is 5.79. The molecule has 1 aromatic carbocycles. The zero-order valence-electron chi connectivity index (χ0n) is 12.6. The zero-order valence-corrected chi connectivity index (χ0v) is 12.6. The normalized spacial score (nSPS) is 23.1. The summed E-state index contributed by atoms with van der Waals surface area (Å²) in [6.07, 6.45) is 1.28. The molecule has 110 valence electrons. The molecule has 1 aromatic rings. The molecule has 0 amide bonds. The molecule has 1 heterocycles. The molecule has 1 fully saturated rings. The summed E-state index contributed by atoms with van der Waals surface area (Å²) in [6, 6.07) is 10.8. The fourth-order valence-corrected chi connectivity index (χ4v) is 2.55. The number of hydrogen-bond acceptors (Lipinski definition) is 2. The van der Waals surface area contributed by atoms with Gasteiger partial charge in [-0.15, -0.1) is 0 Å². The summed E-state index contributed by atoms with van der Waals surface area (Å²) in [7, 11) is 1.80. The molecule has 2 N–H and O–H groups in total. The van der Waals surface area contributed by atoms with Crippen molar-refractivity contribution in [3.05, 3.63) is 35.9 Å². The molecule has 4 heteroatoms. The minimum Gasteiger partial charge on any atom is -0.373 e. The molecule has 0 spiro atoms. The summed E-state index contributed by atoms with van der Waals surface area (Å²) in [5.41, 5.74) is 1.27. The van der Waals surface area contributed by atoms with Gasteiger partial charge in [0.1, 0.15) is 0 Å². The van der Waals surface area contributed by atoms with Crippen LogP contribution in [0.1, 0.15) is 31.9 Å². The Balaban J connectivity index is 1.92. The molecule has 0 aliphatic carbocycles. The van der Waals surface area contributed by atoms with Gasteiger partial charge in [0.25, 0.3) is 0 Å². The third kappa shape index (κ3) is 3.97. The number of ether oxygens (including phenoxy) is 1. The fourth-order valence-electron chi connectivity index (χ4n) is 2.55. The third-order valence-corrected chi connectivity index (χ3v) is 3.52. The van der Waals surface area contributed by atoms with Crippen LogP contribution in [-0.2, 0) is 4.74 Å². The van der Waals surface area contributed by atoms with E-state index in [-0.39, 0.29) is 6.10 Å². The van der Waals surface area contributed by atoms with E-state index in [1.54, 1.807) is 7.05 Å².